The summed E-state index contributed by atoms with van der Waals surface area (Å²) < 4.78 is 64.8. The second kappa shape index (κ2) is 8.35. The summed E-state index contributed by atoms with van der Waals surface area (Å²) in [5, 5.41) is 0. The summed E-state index contributed by atoms with van der Waals surface area (Å²) in [5.41, 5.74) is -0.00320. The highest BCUT2D eigenvalue weighted by atomic mass is 32.2. The number of nitrogens with zero attached hydrogens (tertiary/aromatic N) is 3. The minimum atomic E-state index is -4.57. The van der Waals surface area contributed by atoms with E-state index < -0.39 is 27.8 Å². The van der Waals surface area contributed by atoms with E-state index in [-0.39, 0.29) is 42.6 Å². The van der Waals surface area contributed by atoms with Gasteiger partial charge in [0.05, 0.1) is 10.5 Å². The Balaban J connectivity index is 1.65. The van der Waals surface area contributed by atoms with Gasteiger partial charge in [-0.2, -0.15) is 17.5 Å². The van der Waals surface area contributed by atoms with Crippen molar-refractivity contribution in [3.8, 4) is 0 Å². The zero-order chi connectivity index (χ0) is 22.1. The molecule has 6 nitrogen and oxygen atoms in total. The van der Waals surface area contributed by atoms with E-state index in [2.05, 4.69) is 4.98 Å². The Hall–Kier alpha value is -2.46. The number of hydrogen-bond donors (Lipinski definition) is 0. The lowest BCUT2D eigenvalue weighted by molar-refractivity contribution is -0.141. The van der Waals surface area contributed by atoms with Crippen LogP contribution < -0.4 is 0 Å². The molecule has 1 aromatic heterocycles. The fourth-order valence-electron chi connectivity index (χ4n) is 3.18. The van der Waals surface area contributed by atoms with Gasteiger partial charge in [-0.05, 0) is 35.7 Å². The molecule has 1 saturated heterocycles. The van der Waals surface area contributed by atoms with Crippen LogP contribution in [0.5, 0.6) is 0 Å². The van der Waals surface area contributed by atoms with Crippen LogP contribution >= 0.6 is 0 Å². The number of hydrogen-bond acceptors (Lipinski definition) is 4. The van der Waals surface area contributed by atoms with Gasteiger partial charge in [0.1, 0.15) is 5.69 Å². The number of sulfonamides is 1. The van der Waals surface area contributed by atoms with Crippen molar-refractivity contribution < 1.29 is 26.4 Å². The van der Waals surface area contributed by atoms with Crippen LogP contribution in [0.2, 0.25) is 0 Å². The van der Waals surface area contributed by atoms with Crippen LogP contribution in [0.1, 0.15) is 41.4 Å². The molecule has 0 unspecified atom stereocenters. The van der Waals surface area contributed by atoms with Crippen LogP contribution in [0.3, 0.4) is 0 Å². The van der Waals surface area contributed by atoms with Gasteiger partial charge in [0.25, 0.3) is 5.91 Å². The average molecular weight is 441 g/mol. The normalized spacial score (nSPS) is 16.1. The molecule has 0 aliphatic carbocycles. The molecule has 162 valence electrons. The molecular formula is C20H22F3N3O3S. The molecule has 0 saturated carbocycles. The summed E-state index contributed by atoms with van der Waals surface area (Å²) in [4.78, 5) is 17.4. The van der Waals surface area contributed by atoms with Gasteiger partial charge in [0.15, 0.2) is 0 Å². The number of alkyl halides is 3. The third-order valence-electron chi connectivity index (χ3n) is 5.01. The molecular weight excluding hydrogens is 419 g/mol. The molecule has 1 aliphatic heterocycles. The topological polar surface area (TPSA) is 70.6 Å². The molecule has 2 aromatic rings. The predicted octanol–water partition coefficient (Wildman–Crippen LogP) is 3.37. The summed E-state index contributed by atoms with van der Waals surface area (Å²) >= 11 is 0. The van der Waals surface area contributed by atoms with Crippen molar-refractivity contribution >= 4 is 15.9 Å². The summed E-state index contributed by atoms with van der Waals surface area (Å²) in [6.07, 6.45) is -3.68. The lowest BCUT2D eigenvalue weighted by Crippen LogP contribution is -2.50. The molecule has 2 heterocycles. The maximum atomic E-state index is 12.9. The lowest BCUT2D eigenvalue weighted by atomic mass is 10.0. The summed E-state index contributed by atoms with van der Waals surface area (Å²) in [5.74, 6) is -0.189. The Morgan fingerprint density at radius 1 is 1.00 bits per heavy atom. The van der Waals surface area contributed by atoms with Gasteiger partial charge in [0.2, 0.25) is 10.0 Å². The first-order valence-electron chi connectivity index (χ1n) is 9.43. The molecule has 0 radical (unpaired) electrons. The van der Waals surface area contributed by atoms with Gasteiger partial charge in [-0.3, -0.25) is 9.78 Å². The van der Waals surface area contributed by atoms with E-state index in [1.54, 1.807) is 24.3 Å². The van der Waals surface area contributed by atoms with E-state index >= 15 is 0 Å². The summed E-state index contributed by atoms with van der Waals surface area (Å²) in [6.45, 7) is 4.53. The van der Waals surface area contributed by atoms with Crippen molar-refractivity contribution in [1.29, 1.82) is 0 Å². The maximum absolute atomic E-state index is 12.9. The SMILES string of the molecule is CC(C)c1ccc(S(=O)(=O)N2CCN(C(=O)c3ccc(C(F)(F)F)nc3)CC2)cc1. The van der Waals surface area contributed by atoms with Crippen molar-refractivity contribution in [2.45, 2.75) is 30.8 Å². The van der Waals surface area contributed by atoms with E-state index in [1.165, 1.54) is 9.21 Å². The maximum Gasteiger partial charge on any atom is 0.433 e. The van der Waals surface area contributed by atoms with Crippen molar-refractivity contribution in [1.82, 2.24) is 14.2 Å². The molecule has 1 aliphatic rings. The van der Waals surface area contributed by atoms with Crippen LogP contribution in [0.4, 0.5) is 13.2 Å². The number of halogens is 3. The number of aromatic nitrogens is 1. The van der Waals surface area contributed by atoms with Gasteiger partial charge < -0.3 is 4.90 Å². The van der Waals surface area contributed by atoms with Crippen LogP contribution in [0.25, 0.3) is 0 Å². The minimum absolute atomic E-state index is 0.0311. The van der Waals surface area contributed by atoms with E-state index in [0.29, 0.717) is 0 Å². The Kier molecular flexibility index (Phi) is 6.19. The quantitative estimate of drug-likeness (QED) is 0.730. The van der Waals surface area contributed by atoms with Gasteiger partial charge in [-0.15, -0.1) is 0 Å². The van der Waals surface area contributed by atoms with E-state index in [9.17, 15) is 26.4 Å². The van der Waals surface area contributed by atoms with Crippen molar-refractivity contribution in [2.24, 2.45) is 0 Å². The van der Waals surface area contributed by atoms with Gasteiger partial charge in [0, 0.05) is 32.4 Å². The number of piperazine rings is 1. The fraction of sp³-hybridized carbons (Fsp3) is 0.400. The largest absolute Gasteiger partial charge is 0.433 e. The summed E-state index contributed by atoms with van der Waals surface area (Å²) in [6, 6.07) is 8.57. The number of pyridine rings is 1. The highest BCUT2D eigenvalue weighted by molar-refractivity contribution is 7.89. The lowest BCUT2D eigenvalue weighted by Gasteiger charge is -2.34. The highest BCUT2D eigenvalue weighted by Crippen LogP contribution is 2.27. The number of rotatable bonds is 4. The van der Waals surface area contributed by atoms with Crippen molar-refractivity contribution in [3.05, 3.63) is 59.4 Å². The number of carbonyl (C=O) groups excluding carboxylic acids is 1. The van der Waals surface area contributed by atoms with Crippen LogP contribution in [-0.4, -0.2) is 54.7 Å². The molecule has 1 aromatic carbocycles. The fourth-order valence-corrected chi connectivity index (χ4v) is 4.60. The third-order valence-corrected chi connectivity index (χ3v) is 6.92. The minimum Gasteiger partial charge on any atom is -0.336 e. The average Bonchev–Trinajstić information content (AvgIpc) is 2.73. The molecule has 30 heavy (non-hydrogen) atoms. The Morgan fingerprint density at radius 2 is 1.60 bits per heavy atom. The van der Waals surface area contributed by atoms with Crippen molar-refractivity contribution in [3.63, 3.8) is 0 Å². The Bertz CT molecular complexity index is 996. The molecule has 0 bridgehead atoms. The molecule has 10 heteroatoms. The first-order chi connectivity index (χ1) is 14.0. The van der Waals surface area contributed by atoms with Crippen LogP contribution in [0, 0.1) is 0 Å². The van der Waals surface area contributed by atoms with E-state index in [4.69, 9.17) is 0 Å². The molecule has 0 atom stereocenters. The zero-order valence-corrected chi connectivity index (χ0v) is 17.4. The van der Waals surface area contributed by atoms with E-state index in [0.717, 1.165) is 23.9 Å². The first kappa shape index (κ1) is 22.2. The number of amides is 1. The van der Waals surface area contributed by atoms with Gasteiger partial charge in [-0.25, -0.2) is 8.42 Å². The second-order valence-electron chi connectivity index (χ2n) is 7.35. The van der Waals surface area contributed by atoms with E-state index in [1.807, 2.05) is 13.8 Å². The standard InChI is InChI=1S/C20H22F3N3O3S/c1-14(2)15-3-6-17(7-4-15)30(28,29)26-11-9-25(10-12-26)19(27)16-5-8-18(24-13-16)20(21,22)23/h3-8,13-14H,9-12H2,1-2H3. The Morgan fingerprint density at radius 3 is 2.07 bits per heavy atom. The molecule has 3 rings (SSSR count). The summed E-state index contributed by atoms with van der Waals surface area (Å²) in [7, 11) is -3.68. The first-order valence-corrected chi connectivity index (χ1v) is 10.9. The predicted molar refractivity (Wildman–Crippen MR) is 104 cm³/mol. The Labute approximate surface area is 173 Å². The molecule has 1 fully saturated rings. The zero-order valence-electron chi connectivity index (χ0n) is 16.6. The van der Waals surface area contributed by atoms with Crippen molar-refractivity contribution in [2.75, 3.05) is 26.2 Å². The van der Waals surface area contributed by atoms with Gasteiger partial charge in [-0.1, -0.05) is 26.0 Å². The highest BCUT2D eigenvalue weighted by Gasteiger charge is 2.33. The second-order valence-corrected chi connectivity index (χ2v) is 9.29. The molecule has 0 N–H and O–H groups in total. The molecule has 1 amide bonds. The number of benzene rings is 1. The molecule has 0 spiro atoms. The van der Waals surface area contributed by atoms with Crippen LogP contribution in [-0.2, 0) is 16.2 Å². The van der Waals surface area contributed by atoms with Crippen LogP contribution in [0.15, 0.2) is 47.5 Å². The third kappa shape index (κ3) is 4.65. The van der Waals surface area contributed by atoms with Gasteiger partial charge >= 0.3 is 6.18 Å². The monoisotopic (exact) mass is 441 g/mol. The number of carbonyl (C=O) groups is 1. The smallest absolute Gasteiger partial charge is 0.336 e.